The predicted molar refractivity (Wildman–Crippen MR) is 183 cm³/mol. The van der Waals surface area contributed by atoms with Gasteiger partial charge in [-0.05, 0) is 39.9 Å². The summed E-state index contributed by atoms with van der Waals surface area (Å²) >= 11 is 20.6. The zero-order chi connectivity index (χ0) is 31.4. The third kappa shape index (κ3) is 8.02. The Balaban J connectivity index is 1.20. The van der Waals surface area contributed by atoms with Gasteiger partial charge in [-0.25, -0.2) is 4.98 Å². The molecule has 0 saturated carbocycles. The van der Waals surface area contributed by atoms with Crippen molar-refractivity contribution in [1.82, 2.24) is 10.3 Å². The fourth-order valence-corrected chi connectivity index (χ4v) is 7.46. The number of para-hydroxylation sites is 1. The predicted octanol–water partition coefficient (Wildman–Crippen LogP) is 8.78. The van der Waals surface area contributed by atoms with Gasteiger partial charge in [-0.1, -0.05) is 131 Å². The lowest BCUT2D eigenvalue weighted by Gasteiger charge is -2.36. The third-order valence-electron chi connectivity index (χ3n) is 7.49. The second-order valence-electron chi connectivity index (χ2n) is 10.6. The molecule has 0 radical (unpaired) electrons. The van der Waals surface area contributed by atoms with Crippen LogP contribution in [0.15, 0.2) is 101 Å². The molecule has 5 aromatic rings. The van der Waals surface area contributed by atoms with Crippen LogP contribution < -0.4 is 5.32 Å². The molecular formula is C34H29Cl3N2O4S2. The zero-order valence-corrected chi connectivity index (χ0v) is 27.8. The van der Waals surface area contributed by atoms with Crippen molar-refractivity contribution in [2.75, 3.05) is 5.75 Å². The number of nitrogens with one attached hydrogen (secondary N) is 1. The van der Waals surface area contributed by atoms with Crippen LogP contribution in [0, 0.1) is 0 Å². The molecule has 1 aliphatic rings. The monoisotopic (exact) mass is 698 g/mol. The van der Waals surface area contributed by atoms with Gasteiger partial charge in [0.1, 0.15) is 0 Å². The van der Waals surface area contributed by atoms with Gasteiger partial charge < -0.3 is 19.9 Å². The van der Waals surface area contributed by atoms with Crippen LogP contribution in [0.25, 0.3) is 21.3 Å². The number of thioether (sulfide) groups is 1. The highest BCUT2D eigenvalue weighted by Gasteiger charge is 2.33. The Kier molecular flexibility index (Phi) is 10.3. The summed E-state index contributed by atoms with van der Waals surface area (Å²) in [5, 5.41) is 12.2. The Morgan fingerprint density at radius 1 is 0.933 bits per heavy atom. The van der Waals surface area contributed by atoms with Crippen LogP contribution in [0.3, 0.4) is 0 Å². The van der Waals surface area contributed by atoms with E-state index >= 15 is 0 Å². The number of alkyl halides is 3. The molecule has 6 rings (SSSR count). The number of rotatable bonds is 9. The van der Waals surface area contributed by atoms with Crippen LogP contribution in [0.1, 0.15) is 41.1 Å². The van der Waals surface area contributed by atoms with Gasteiger partial charge in [0.25, 0.3) is 9.70 Å². The largest absolute Gasteiger partial charge is 0.392 e. The van der Waals surface area contributed by atoms with E-state index in [1.165, 1.54) is 4.70 Å². The molecule has 1 amide bonds. The maximum absolute atomic E-state index is 12.1. The van der Waals surface area contributed by atoms with Gasteiger partial charge in [0.2, 0.25) is 0 Å². The molecule has 0 bridgehead atoms. The van der Waals surface area contributed by atoms with Gasteiger partial charge in [0, 0.05) is 24.3 Å². The number of hydrogen-bond acceptors (Lipinski definition) is 7. The first-order valence-corrected chi connectivity index (χ1v) is 17.2. The first kappa shape index (κ1) is 32.3. The van der Waals surface area contributed by atoms with E-state index in [4.69, 9.17) is 49.3 Å². The molecule has 1 aliphatic heterocycles. The van der Waals surface area contributed by atoms with Crippen molar-refractivity contribution in [3.8, 4) is 11.1 Å². The number of aliphatic hydroxyl groups excluding tert-OH is 1. The lowest BCUT2D eigenvalue weighted by atomic mass is 9.98. The molecule has 0 spiro atoms. The van der Waals surface area contributed by atoms with E-state index in [0.29, 0.717) is 6.42 Å². The van der Waals surface area contributed by atoms with Crippen molar-refractivity contribution >= 4 is 74.0 Å². The van der Waals surface area contributed by atoms with E-state index in [2.05, 4.69) is 11.4 Å². The molecule has 3 atom stereocenters. The van der Waals surface area contributed by atoms with Crippen molar-refractivity contribution in [3.63, 3.8) is 0 Å². The summed E-state index contributed by atoms with van der Waals surface area (Å²) in [4.78, 5) is 16.9. The number of nitrogens with zero attached hydrogens (tertiary/aromatic N) is 1. The Morgan fingerprint density at radius 2 is 1.64 bits per heavy atom. The minimum atomic E-state index is -2.03. The molecule has 1 fully saturated rings. The Hall–Kier alpha value is -2.66. The minimum absolute atomic E-state index is 0.00623. The van der Waals surface area contributed by atoms with Crippen molar-refractivity contribution in [1.29, 1.82) is 0 Å². The first-order chi connectivity index (χ1) is 21.8. The van der Waals surface area contributed by atoms with Gasteiger partial charge in [-0.15, -0.1) is 11.3 Å². The topological polar surface area (TPSA) is 80.7 Å². The molecule has 11 heteroatoms. The summed E-state index contributed by atoms with van der Waals surface area (Å²) in [6.45, 7) is 0.206. The smallest absolute Gasteiger partial charge is 0.272 e. The molecule has 0 aliphatic carbocycles. The van der Waals surface area contributed by atoms with Gasteiger partial charge in [0.15, 0.2) is 10.6 Å². The molecule has 1 saturated heterocycles. The molecule has 2 heterocycles. The Labute approximate surface area is 284 Å². The first-order valence-electron chi connectivity index (χ1n) is 14.3. The van der Waals surface area contributed by atoms with Gasteiger partial charge in [0.05, 0.1) is 29.0 Å². The van der Waals surface area contributed by atoms with E-state index < -0.39 is 16.0 Å². The van der Waals surface area contributed by atoms with Crippen molar-refractivity contribution in [3.05, 3.63) is 119 Å². The number of benzene rings is 4. The van der Waals surface area contributed by atoms with E-state index in [9.17, 15) is 9.90 Å². The quantitative estimate of drug-likeness (QED) is 0.118. The van der Waals surface area contributed by atoms with Crippen LogP contribution in [0.4, 0.5) is 0 Å². The minimum Gasteiger partial charge on any atom is -0.392 e. The molecule has 6 nitrogen and oxygen atoms in total. The van der Waals surface area contributed by atoms with Gasteiger partial charge >= 0.3 is 0 Å². The van der Waals surface area contributed by atoms with Crippen molar-refractivity contribution in [2.24, 2.45) is 0 Å². The summed E-state index contributed by atoms with van der Waals surface area (Å²) < 4.78 is 13.2. The highest BCUT2D eigenvalue weighted by Crippen LogP contribution is 2.41. The number of aliphatic hydroxyl groups is 1. The second-order valence-corrected chi connectivity index (χ2v) is 15.1. The van der Waals surface area contributed by atoms with Gasteiger partial charge in [-0.2, -0.15) is 0 Å². The lowest BCUT2D eigenvalue weighted by Crippen LogP contribution is -2.34. The highest BCUT2D eigenvalue weighted by atomic mass is 35.6. The molecule has 0 unspecified atom stereocenters. The number of amides is 1. The van der Waals surface area contributed by atoms with Crippen molar-refractivity contribution in [2.45, 2.75) is 46.2 Å². The molecule has 2 N–H and O–H groups in total. The second kappa shape index (κ2) is 14.4. The molecule has 4 aromatic carbocycles. The van der Waals surface area contributed by atoms with E-state index in [1.54, 1.807) is 23.1 Å². The zero-order valence-electron chi connectivity index (χ0n) is 23.9. The number of halogens is 3. The van der Waals surface area contributed by atoms with E-state index in [1.807, 2.05) is 91.0 Å². The number of carbonyl (C=O) groups excluding carboxylic acids is 1. The standard InChI is InChI=1S/C34H29Cl3N2O4S2/c35-34(36,37)32(41)38-18-25-5-1-2-6-27(25)22-13-15-24(16-14-22)31-42-26(17-29(43-31)23-11-9-21(19-40)10-12-23)20-44-33-39-28-7-3-4-8-30(28)45-33/h1-16,26,29,31,40H,17-20H2,(H,38,41)/t26-,29+,31+/m1/s1. The van der Waals surface area contributed by atoms with E-state index in [0.717, 1.165) is 49.0 Å². The Bertz CT molecular complexity index is 1730. The van der Waals surface area contributed by atoms with Crippen LogP contribution >= 0.6 is 57.9 Å². The summed E-state index contributed by atoms with van der Waals surface area (Å²) in [7, 11) is 0. The molecular weight excluding hydrogens is 671 g/mol. The molecule has 1 aromatic heterocycles. The highest BCUT2D eigenvalue weighted by molar-refractivity contribution is 8.01. The van der Waals surface area contributed by atoms with Crippen LogP contribution in [-0.2, 0) is 27.4 Å². The summed E-state index contributed by atoms with van der Waals surface area (Å²) in [6, 6.07) is 31.8. The molecule has 232 valence electrons. The van der Waals surface area contributed by atoms with Crippen molar-refractivity contribution < 1.29 is 19.4 Å². The maximum atomic E-state index is 12.1. The van der Waals surface area contributed by atoms with Crippen LogP contribution in [0.5, 0.6) is 0 Å². The average molecular weight is 700 g/mol. The van der Waals surface area contributed by atoms with Gasteiger partial charge in [-0.3, -0.25) is 4.79 Å². The summed E-state index contributed by atoms with van der Waals surface area (Å²) in [5.74, 6) is 0.0525. The lowest BCUT2D eigenvalue weighted by molar-refractivity contribution is -0.245. The summed E-state index contributed by atoms with van der Waals surface area (Å²) in [5.41, 5.74) is 6.60. The average Bonchev–Trinajstić information content (AvgIpc) is 3.49. The number of hydrogen-bond donors (Lipinski definition) is 2. The SMILES string of the molecule is O=C(NCc1ccccc1-c1ccc([C@H]2O[C@@H](CSc3nc4ccccc4s3)C[C@@H](c3ccc(CO)cc3)O2)cc1)C(Cl)(Cl)Cl. The summed E-state index contributed by atoms with van der Waals surface area (Å²) in [6.07, 6.45) is -0.141. The number of thiazole rings is 1. The molecule has 45 heavy (non-hydrogen) atoms. The number of aromatic nitrogens is 1. The normalized spacial score (nSPS) is 18.6. The Morgan fingerprint density at radius 3 is 2.38 bits per heavy atom. The third-order valence-corrected chi connectivity index (χ3v) is 10.3. The fourth-order valence-electron chi connectivity index (χ4n) is 5.15. The fraction of sp³-hybridized carbons (Fsp3) is 0.235. The maximum Gasteiger partial charge on any atom is 0.272 e. The number of carbonyl (C=O) groups is 1. The van der Waals surface area contributed by atoms with Crippen LogP contribution in [0.2, 0.25) is 0 Å². The number of ether oxygens (including phenoxy) is 2. The number of fused-ring (bicyclic) bond motifs is 1. The van der Waals surface area contributed by atoms with E-state index in [-0.39, 0.29) is 25.4 Å². The van der Waals surface area contributed by atoms with Crippen LogP contribution in [-0.4, -0.2) is 31.6 Å².